The van der Waals surface area contributed by atoms with E-state index in [0.29, 0.717) is 5.92 Å². The molecule has 4 heteroatoms. The van der Waals surface area contributed by atoms with Crippen molar-refractivity contribution < 1.29 is 4.79 Å². The summed E-state index contributed by atoms with van der Waals surface area (Å²) in [5.41, 5.74) is 0.525. The highest BCUT2D eigenvalue weighted by Gasteiger charge is 2.30. The Morgan fingerprint density at radius 3 is 2.95 bits per heavy atom. The first kappa shape index (κ1) is 15.5. The van der Waals surface area contributed by atoms with E-state index in [1.54, 1.807) is 0 Å². The van der Waals surface area contributed by atoms with Gasteiger partial charge < -0.3 is 10.6 Å². The normalized spacial score (nSPS) is 19.6. The van der Waals surface area contributed by atoms with E-state index in [2.05, 4.69) is 26.6 Å². The van der Waals surface area contributed by atoms with Gasteiger partial charge in [0.05, 0.1) is 5.41 Å². The molecule has 0 spiro atoms. The highest BCUT2D eigenvalue weighted by molar-refractivity contribution is 9.10. The molecule has 1 aliphatic heterocycles. The Bertz CT molecular complexity index is 467. The van der Waals surface area contributed by atoms with Crippen molar-refractivity contribution in [1.29, 1.82) is 0 Å². The predicted molar refractivity (Wildman–Crippen MR) is 85.8 cm³/mol. The number of carbonyl (C=O) groups is 1. The number of rotatable bonds is 4. The van der Waals surface area contributed by atoms with Crippen molar-refractivity contribution in [3.63, 3.8) is 0 Å². The number of nitrogens with one attached hydrogen (secondary N) is 2. The molecule has 0 radical (unpaired) electrons. The third-order valence-electron chi connectivity index (χ3n) is 4.06. The van der Waals surface area contributed by atoms with Crippen molar-refractivity contribution in [1.82, 2.24) is 10.6 Å². The maximum atomic E-state index is 12.5. The lowest BCUT2D eigenvalue weighted by molar-refractivity contribution is -0.125. The molecule has 20 heavy (non-hydrogen) atoms. The first-order chi connectivity index (χ1) is 9.50. The standard InChI is InChI=1S/C16H23BrN2O/c1-16(2,13-6-3-7-14(17)9-13)15(20)19-11-12-5-4-8-18-10-12/h3,6-7,9,12,18H,4-5,8,10-11H2,1-2H3,(H,19,20). The van der Waals surface area contributed by atoms with Crippen LogP contribution in [-0.4, -0.2) is 25.5 Å². The first-order valence-electron chi connectivity index (χ1n) is 7.25. The van der Waals surface area contributed by atoms with Gasteiger partial charge in [-0.1, -0.05) is 28.1 Å². The summed E-state index contributed by atoms with van der Waals surface area (Å²) in [6.45, 7) is 6.83. The lowest BCUT2D eigenvalue weighted by Crippen LogP contribution is -2.44. The van der Waals surface area contributed by atoms with Crippen molar-refractivity contribution in [3.8, 4) is 0 Å². The number of hydrogen-bond acceptors (Lipinski definition) is 2. The molecule has 1 unspecified atom stereocenters. The van der Waals surface area contributed by atoms with Crippen molar-refractivity contribution in [2.24, 2.45) is 5.92 Å². The van der Waals surface area contributed by atoms with Crippen LogP contribution in [0.3, 0.4) is 0 Å². The van der Waals surface area contributed by atoms with Crippen LogP contribution in [0, 0.1) is 5.92 Å². The van der Waals surface area contributed by atoms with E-state index in [4.69, 9.17) is 0 Å². The molecule has 1 heterocycles. The molecular formula is C16H23BrN2O. The van der Waals surface area contributed by atoms with Gasteiger partial charge in [-0.05, 0) is 63.4 Å². The number of hydrogen-bond donors (Lipinski definition) is 2. The Hall–Kier alpha value is -0.870. The Labute approximate surface area is 129 Å². The van der Waals surface area contributed by atoms with Crippen LogP contribution >= 0.6 is 15.9 Å². The van der Waals surface area contributed by atoms with Gasteiger partial charge >= 0.3 is 0 Å². The zero-order valence-corrected chi connectivity index (χ0v) is 13.8. The summed E-state index contributed by atoms with van der Waals surface area (Å²) in [4.78, 5) is 12.5. The summed E-state index contributed by atoms with van der Waals surface area (Å²) >= 11 is 3.47. The van der Waals surface area contributed by atoms with Gasteiger partial charge in [-0.2, -0.15) is 0 Å². The van der Waals surface area contributed by atoms with E-state index in [9.17, 15) is 4.79 Å². The highest BCUT2D eigenvalue weighted by atomic mass is 79.9. The average Bonchev–Trinajstić information content (AvgIpc) is 2.45. The number of amides is 1. The molecule has 0 bridgehead atoms. The molecular weight excluding hydrogens is 316 g/mol. The molecule has 1 amide bonds. The second-order valence-electron chi connectivity index (χ2n) is 6.06. The first-order valence-corrected chi connectivity index (χ1v) is 8.04. The third kappa shape index (κ3) is 3.83. The SMILES string of the molecule is CC(C)(C(=O)NCC1CCCNC1)c1cccc(Br)c1. The van der Waals surface area contributed by atoms with Gasteiger partial charge in [-0.3, -0.25) is 4.79 Å². The largest absolute Gasteiger partial charge is 0.355 e. The average molecular weight is 339 g/mol. The minimum absolute atomic E-state index is 0.0983. The van der Waals surface area contributed by atoms with Gasteiger partial charge in [0.15, 0.2) is 0 Å². The van der Waals surface area contributed by atoms with E-state index in [1.807, 2.05) is 38.1 Å². The van der Waals surface area contributed by atoms with Gasteiger partial charge in [0.1, 0.15) is 0 Å². The van der Waals surface area contributed by atoms with Crippen LogP contribution in [0.4, 0.5) is 0 Å². The Morgan fingerprint density at radius 1 is 1.50 bits per heavy atom. The fourth-order valence-electron chi connectivity index (χ4n) is 2.56. The Balaban J connectivity index is 1.96. The molecule has 1 saturated heterocycles. The number of halogens is 1. The Kier molecular flexibility index (Phi) is 5.22. The zero-order valence-electron chi connectivity index (χ0n) is 12.2. The predicted octanol–water partition coefficient (Wildman–Crippen LogP) is 2.84. The van der Waals surface area contributed by atoms with Crippen molar-refractivity contribution in [3.05, 3.63) is 34.3 Å². The van der Waals surface area contributed by atoms with Crippen LogP contribution in [0.5, 0.6) is 0 Å². The van der Waals surface area contributed by atoms with Gasteiger partial charge in [0.25, 0.3) is 0 Å². The smallest absolute Gasteiger partial charge is 0.230 e. The summed E-state index contributed by atoms with van der Waals surface area (Å²) in [7, 11) is 0. The van der Waals surface area contributed by atoms with Crippen LogP contribution in [0.1, 0.15) is 32.3 Å². The van der Waals surface area contributed by atoms with E-state index >= 15 is 0 Å². The summed E-state index contributed by atoms with van der Waals surface area (Å²) in [5.74, 6) is 0.659. The van der Waals surface area contributed by atoms with Crippen LogP contribution in [0.25, 0.3) is 0 Å². The number of carbonyl (C=O) groups excluding carboxylic acids is 1. The lowest BCUT2D eigenvalue weighted by Gasteiger charge is -2.27. The monoisotopic (exact) mass is 338 g/mol. The summed E-state index contributed by atoms with van der Waals surface area (Å²) in [5, 5.41) is 6.50. The summed E-state index contributed by atoms with van der Waals surface area (Å²) < 4.78 is 1.01. The molecule has 3 nitrogen and oxygen atoms in total. The van der Waals surface area contributed by atoms with E-state index in [1.165, 1.54) is 12.8 Å². The molecule has 0 saturated carbocycles. The number of benzene rings is 1. The fourth-order valence-corrected chi connectivity index (χ4v) is 2.96. The molecule has 1 aromatic rings. The molecule has 1 aliphatic rings. The molecule has 2 N–H and O–H groups in total. The highest BCUT2D eigenvalue weighted by Crippen LogP contribution is 2.26. The quantitative estimate of drug-likeness (QED) is 0.886. The fraction of sp³-hybridized carbons (Fsp3) is 0.562. The second-order valence-corrected chi connectivity index (χ2v) is 6.97. The van der Waals surface area contributed by atoms with Crippen molar-refractivity contribution in [2.45, 2.75) is 32.1 Å². The van der Waals surface area contributed by atoms with Gasteiger partial charge in [-0.25, -0.2) is 0 Å². The van der Waals surface area contributed by atoms with Crippen LogP contribution in [0.2, 0.25) is 0 Å². The molecule has 1 atom stereocenters. The van der Waals surface area contributed by atoms with Gasteiger partial charge in [0, 0.05) is 11.0 Å². The van der Waals surface area contributed by atoms with E-state index in [0.717, 1.165) is 29.7 Å². The van der Waals surface area contributed by atoms with Gasteiger partial charge in [-0.15, -0.1) is 0 Å². The van der Waals surface area contributed by atoms with Crippen LogP contribution < -0.4 is 10.6 Å². The maximum Gasteiger partial charge on any atom is 0.230 e. The molecule has 1 fully saturated rings. The molecule has 0 aromatic heterocycles. The van der Waals surface area contributed by atoms with Crippen molar-refractivity contribution in [2.75, 3.05) is 19.6 Å². The minimum Gasteiger partial charge on any atom is -0.355 e. The number of piperidine rings is 1. The van der Waals surface area contributed by atoms with E-state index < -0.39 is 5.41 Å². The zero-order chi connectivity index (χ0) is 14.6. The second kappa shape index (κ2) is 6.72. The topological polar surface area (TPSA) is 41.1 Å². The molecule has 110 valence electrons. The molecule has 1 aromatic carbocycles. The van der Waals surface area contributed by atoms with Crippen LogP contribution in [0.15, 0.2) is 28.7 Å². The molecule has 0 aliphatic carbocycles. The summed E-state index contributed by atoms with van der Waals surface area (Å²) in [6.07, 6.45) is 2.40. The van der Waals surface area contributed by atoms with Crippen molar-refractivity contribution >= 4 is 21.8 Å². The minimum atomic E-state index is -0.508. The van der Waals surface area contributed by atoms with Crippen LogP contribution in [-0.2, 0) is 10.2 Å². The maximum absolute atomic E-state index is 12.5. The Morgan fingerprint density at radius 2 is 2.30 bits per heavy atom. The lowest BCUT2D eigenvalue weighted by atomic mass is 9.83. The van der Waals surface area contributed by atoms with E-state index in [-0.39, 0.29) is 5.91 Å². The molecule has 2 rings (SSSR count). The summed E-state index contributed by atoms with van der Waals surface area (Å²) in [6, 6.07) is 7.97. The third-order valence-corrected chi connectivity index (χ3v) is 4.56. The van der Waals surface area contributed by atoms with Gasteiger partial charge in [0.2, 0.25) is 5.91 Å².